The lowest BCUT2D eigenvalue weighted by molar-refractivity contribution is -0.146. The lowest BCUT2D eigenvalue weighted by Crippen LogP contribution is -2.49. The van der Waals surface area contributed by atoms with Crippen molar-refractivity contribution in [2.75, 3.05) is 26.8 Å². The molecule has 0 aromatic carbocycles. The predicted molar refractivity (Wildman–Crippen MR) is 64.9 cm³/mol. The lowest BCUT2D eigenvalue weighted by Gasteiger charge is -2.30. The van der Waals surface area contributed by atoms with Gasteiger partial charge >= 0.3 is 5.97 Å². The molecule has 0 aromatic rings. The summed E-state index contributed by atoms with van der Waals surface area (Å²) in [4.78, 5) is 11.3. The number of nitrogens with zero attached hydrogens (tertiary/aromatic N) is 1. The van der Waals surface area contributed by atoms with E-state index in [1.807, 2.05) is 0 Å². The van der Waals surface area contributed by atoms with E-state index in [4.69, 9.17) is 5.11 Å². The van der Waals surface area contributed by atoms with Gasteiger partial charge < -0.3 is 9.84 Å². The molecule has 0 radical (unpaired) electrons. The summed E-state index contributed by atoms with van der Waals surface area (Å²) < 4.78 is 32.1. The molecular weight excluding hydrogens is 260 g/mol. The number of aliphatic hydroxyl groups is 1. The lowest BCUT2D eigenvalue weighted by atomic mass is 9.99. The molecular formula is C10H20N2O5S. The van der Waals surface area contributed by atoms with Crippen LogP contribution in [0.3, 0.4) is 0 Å². The topological polar surface area (TPSA) is 95.9 Å². The van der Waals surface area contributed by atoms with Crippen molar-refractivity contribution < 1.29 is 23.1 Å². The maximum atomic E-state index is 11.9. The van der Waals surface area contributed by atoms with Crippen LogP contribution in [0.5, 0.6) is 0 Å². The summed E-state index contributed by atoms with van der Waals surface area (Å²) in [5.41, 5.74) is 0. The minimum absolute atomic E-state index is 0.225. The molecule has 0 amide bonds. The molecule has 0 spiro atoms. The third-order valence-corrected chi connectivity index (χ3v) is 4.70. The molecule has 106 valence electrons. The van der Waals surface area contributed by atoms with Gasteiger partial charge in [0.15, 0.2) is 0 Å². The van der Waals surface area contributed by atoms with Gasteiger partial charge in [-0.2, -0.15) is 17.4 Å². The summed E-state index contributed by atoms with van der Waals surface area (Å²) >= 11 is 0. The number of methoxy groups -OCH3 is 1. The maximum absolute atomic E-state index is 11.9. The van der Waals surface area contributed by atoms with E-state index in [0.29, 0.717) is 12.8 Å². The summed E-state index contributed by atoms with van der Waals surface area (Å²) in [6.45, 7) is 1.90. The van der Waals surface area contributed by atoms with Gasteiger partial charge in [0, 0.05) is 19.1 Å². The van der Waals surface area contributed by atoms with E-state index < -0.39 is 16.3 Å². The van der Waals surface area contributed by atoms with E-state index in [0.717, 1.165) is 0 Å². The molecule has 8 heteroatoms. The van der Waals surface area contributed by atoms with Gasteiger partial charge in [-0.05, 0) is 19.8 Å². The third-order valence-electron chi connectivity index (χ3n) is 2.95. The van der Waals surface area contributed by atoms with Crippen molar-refractivity contribution in [3.63, 3.8) is 0 Å². The maximum Gasteiger partial charge on any atom is 0.308 e. The molecule has 0 saturated carbocycles. The van der Waals surface area contributed by atoms with E-state index >= 15 is 0 Å². The van der Waals surface area contributed by atoms with Crippen LogP contribution in [0.2, 0.25) is 0 Å². The Labute approximate surface area is 107 Å². The van der Waals surface area contributed by atoms with Crippen molar-refractivity contribution in [1.29, 1.82) is 0 Å². The Morgan fingerprint density at radius 2 is 2.06 bits per heavy atom. The zero-order valence-electron chi connectivity index (χ0n) is 10.6. The standard InChI is InChI=1S/C10H20N2O5S/c1-8(7-13)11-18(15,16)12-5-3-9(4-6-12)10(14)17-2/h8-9,11,13H,3-7H2,1-2H3/t8-/m0/s1. The van der Waals surface area contributed by atoms with Crippen molar-refractivity contribution in [3.8, 4) is 0 Å². The predicted octanol–water partition coefficient (Wildman–Crippen LogP) is -0.913. The van der Waals surface area contributed by atoms with Gasteiger partial charge in [0.25, 0.3) is 10.2 Å². The van der Waals surface area contributed by atoms with Gasteiger partial charge in [0.05, 0.1) is 19.6 Å². The van der Waals surface area contributed by atoms with Crippen LogP contribution < -0.4 is 4.72 Å². The Kier molecular flexibility index (Phi) is 5.51. The van der Waals surface area contributed by atoms with Crippen LogP contribution in [-0.2, 0) is 19.7 Å². The number of nitrogens with one attached hydrogen (secondary N) is 1. The van der Waals surface area contributed by atoms with Gasteiger partial charge in [-0.25, -0.2) is 0 Å². The normalized spacial score (nSPS) is 20.6. The molecule has 1 heterocycles. The van der Waals surface area contributed by atoms with Crippen LogP contribution in [-0.4, -0.2) is 56.6 Å². The second-order valence-corrected chi connectivity index (χ2v) is 6.11. The van der Waals surface area contributed by atoms with Gasteiger partial charge in [-0.3, -0.25) is 4.79 Å². The molecule has 1 saturated heterocycles. The number of hydrogen-bond donors (Lipinski definition) is 2. The van der Waals surface area contributed by atoms with Crippen LogP contribution in [0.15, 0.2) is 0 Å². The van der Waals surface area contributed by atoms with Crippen molar-refractivity contribution in [2.24, 2.45) is 5.92 Å². The zero-order chi connectivity index (χ0) is 13.8. The fourth-order valence-corrected chi connectivity index (χ4v) is 3.29. The minimum Gasteiger partial charge on any atom is -0.469 e. The highest BCUT2D eigenvalue weighted by Gasteiger charge is 2.31. The first-order chi connectivity index (χ1) is 8.40. The van der Waals surface area contributed by atoms with Crippen molar-refractivity contribution in [1.82, 2.24) is 9.03 Å². The molecule has 18 heavy (non-hydrogen) atoms. The molecule has 1 aliphatic heterocycles. The first-order valence-corrected chi connectivity index (χ1v) is 7.30. The second-order valence-electron chi connectivity index (χ2n) is 4.40. The highest BCUT2D eigenvalue weighted by molar-refractivity contribution is 7.87. The van der Waals surface area contributed by atoms with E-state index in [1.54, 1.807) is 6.92 Å². The minimum atomic E-state index is -3.58. The van der Waals surface area contributed by atoms with Crippen LogP contribution in [0.25, 0.3) is 0 Å². The molecule has 1 aliphatic rings. The number of rotatable bonds is 5. The zero-order valence-corrected chi connectivity index (χ0v) is 11.4. The van der Waals surface area contributed by atoms with E-state index in [9.17, 15) is 13.2 Å². The van der Waals surface area contributed by atoms with E-state index in [-0.39, 0.29) is 31.6 Å². The fourth-order valence-electron chi connectivity index (χ4n) is 1.86. The Balaban J connectivity index is 2.54. The van der Waals surface area contributed by atoms with Gasteiger partial charge in [-0.1, -0.05) is 0 Å². The summed E-state index contributed by atoms with van der Waals surface area (Å²) in [6, 6.07) is -0.520. The summed E-state index contributed by atoms with van der Waals surface area (Å²) in [6.07, 6.45) is 0.919. The molecule has 0 bridgehead atoms. The molecule has 0 aromatic heterocycles. The summed E-state index contributed by atoms with van der Waals surface area (Å²) in [5.74, 6) is -0.513. The third kappa shape index (κ3) is 3.91. The smallest absolute Gasteiger partial charge is 0.308 e. The number of carbonyl (C=O) groups is 1. The van der Waals surface area contributed by atoms with Crippen LogP contribution in [0.1, 0.15) is 19.8 Å². The van der Waals surface area contributed by atoms with Crippen molar-refractivity contribution >= 4 is 16.2 Å². The molecule has 1 fully saturated rings. The second kappa shape index (κ2) is 6.46. The SMILES string of the molecule is COC(=O)C1CCN(S(=O)(=O)N[C@@H](C)CO)CC1. The molecule has 2 N–H and O–H groups in total. The number of piperidine rings is 1. The van der Waals surface area contributed by atoms with Crippen LogP contribution >= 0.6 is 0 Å². The summed E-state index contributed by atoms with van der Waals surface area (Å²) in [7, 11) is -2.25. The van der Waals surface area contributed by atoms with E-state index in [1.165, 1.54) is 11.4 Å². The Morgan fingerprint density at radius 3 is 2.50 bits per heavy atom. The molecule has 1 atom stereocenters. The van der Waals surface area contributed by atoms with Gasteiger partial charge in [0.2, 0.25) is 0 Å². The average molecular weight is 280 g/mol. The fraction of sp³-hybridized carbons (Fsp3) is 0.900. The van der Waals surface area contributed by atoms with Gasteiger partial charge in [-0.15, -0.1) is 0 Å². The van der Waals surface area contributed by atoms with Gasteiger partial charge in [0.1, 0.15) is 0 Å². The monoisotopic (exact) mass is 280 g/mol. The highest BCUT2D eigenvalue weighted by atomic mass is 32.2. The first kappa shape index (κ1) is 15.4. The molecule has 1 rings (SSSR count). The van der Waals surface area contributed by atoms with Crippen molar-refractivity contribution in [2.45, 2.75) is 25.8 Å². The number of ether oxygens (including phenoxy) is 1. The average Bonchev–Trinajstić information content (AvgIpc) is 2.37. The molecule has 0 aliphatic carbocycles. The highest BCUT2D eigenvalue weighted by Crippen LogP contribution is 2.20. The Bertz CT molecular complexity index is 376. The molecule has 7 nitrogen and oxygen atoms in total. The Morgan fingerprint density at radius 1 is 1.50 bits per heavy atom. The molecule has 0 unspecified atom stereocenters. The quantitative estimate of drug-likeness (QED) is 0.635. The Hall–Kier alpha value is -0.700. The van der Waals surface area contributed by atoms with Crippen molar-refractivity contribution in [3.05, 3.63) is 0 Å². The largest absolute Gasteiger partial charge is 0.469 e. The number of aliphatic hydroxyl groups excluding tert-OH is 1. The van der Waals surface area contributed by atoms with E-state index in [2.05, 4.69) is 9.46 Å². The van der Waals surface area contributed by atoms with Crippen LogP contribution in [0, 0.1) is 5.92 Å². The first-order valence-electron chi connectivity index (χ1n) is 5.86. The number of carbonyl (C=O) groups excluding carboxylic acids is 1. The summed E-state index contributed by atoms with van der Waals surface area (Å²) in [5, 5.41) is 8.84. The number of hydrogen-bond acceptors (Lipinski definition) is 5. The van der Waals surface area contributed by atoms with Crippen LogP contribution in [0.4, 0.5) is 0 Å². The number of esters is 1.